The molecule has 11 heavy (non-hydrogen) atoms. The van der Waals surface area contributed by atoms with Gasteiger partial charge < -0.3 is 0 Å². The first-order valence-corrected chi connectivity index (χ1v) is 14.0. The van der Waals surface area contributed by atoms with E-state index in [4.69, 9.17) is 0 Å². The molecule has 0 aliphatic heterocycles. The zero-order valence-electron chi connectivity index (χ0n) is 5.61. The van der Waals surface area contributed by atoms with Gasteiger partial charge in [-0.15, -0.1) is 0 Å². The molecule has 0 nitrogen and oxygen atoms in total. The van der Waals surface area contributed by atoms with Gasteiger partial charge >= 0.3 is 86.3 Å². The van der Waals surface area contributed by atoms with Crippen LogP contribution in [0.1, 0.15) is 0 Å². The van der Waals surface area contributed by atoms with E-state index in [1.165, 1.54) is 3.96 Å². The standard InChI is InChI=1S/C8H7.2BrH.Pt/c1-2-4-6-8-7-5-3-1;;;/h1-7H;2*1H;/q;;;+2/p-2. The maximum absolute atomic E-state index is 3.59. The Balaban J connectivity index is 2.78. The van der Waals surface area contributed by atoms with Gasteiger partial charge in [0.05, 0.1) is 0 Å². The summed E-state index contributed by atoms with van der Waals surface area (Å²) in [5.74, 6) is 0. The van der Waals surface area contributed by atoms with Crippen LogP contribution in [0.5, 0.6) is 0 Å². The zero-order chi connectivity index (χ0) is 8.10. The fourth-order valence-corrected chi connectivity index (χ4v) is 4.36. The monoisotopic (exact) mass is 456 g/mol. The van der Waals surface area contributed by atoms with Gasteiger partial charge in [0.15, 0.2) is 0 Å². The molecule has 1 aliphatic rings. The van der Waals surface area contributed by atoms with Crippen LogP contribution >= 0.6 is 26.6 Å². The van der Waals surface area contributed by atoms with Crippen LogP contribution in [0.15, 0.2) is 46.5 Å². The Morgan fingerprint density at radius 1 is 0.909 bits per heavy atom. The van der Waals surface area contributed by atoms with Crippen LogP contribution in [0.3, 0.4) is 0 Å². The predicted octanol–water partition coefficient (Wildman–Crippen LogP) is 3.79. The first-order chi connectivity index (χ1) is 5.30. The van der Waals surface area contributed by atoms with E-state index in [9.17, 15) is 0 Å². The average molecular weight is 458 g/mol. The van der Waals surface area contributed by atoms with Crippen LogP contribution in [0.2, 0.25) is 0 Å². The van der Waals surface area contributed by atoms with Crippen molar-refractivity contribution >= 4 is 26.6 Å². The molecule has 1 rings (SSSR count). The van der Waals surface area contributed by atoms with Gasteiger partial charge in [-0.3, -0.25) is 0 Å². The van der Waals surface area contributed by atoms with Crippen LogP contribution in [0.25, 0.3) is 0 Å². The molecule has 3 heteroatoms. The topological polar surface area (TPSA) is 0 Å². The van der Waals surface area contributed by atoms with Crippen LogP contribution in [-0.2, 0) is 13.2 Å². The molecule has 0 aromatic carbocycles. The van der Waals surface area contributed by atoms with Crippen LogP contribution in [0.4, 0.5) is 0 Å². The quantitative estimate of drug-likeness (QED) is 0.562. The third kappa shape index (κ3) is 3.68. The number of hydrogen-bond donors (Lipinski definition) is 0. The first-order valence-electron chi connectivity index (χ1n) is 2.97. The Morgan fingerprint density at radius 2 is 1.55 bits per heavy atom. The molecule has 0 amide bonds. The van der Waals surface area contributed by atoms with Crippen molar-refractivity contribution < 1.29 is 13.2 Å². The van der Waals surface area contributed by atoms with Crippen molar-refractivity contribution in [2.24, 2.45) is 0 Å². The molecular formula is C8H7Br2Pt. The molecule has 0 bridgehead atoms. The van der Waals surface area contributed by atoms with Gasteiger partial charge in [0.25, 0.3) is 0 Å². The van der Waals surface area contributed by atoms with Gasteiger partial charge in [-0.25, -0.2) is 0 Å². The second-order valence-corrected chi connectivity index (χ2v) is 18.0. The molecule has 0 spiro atoms. The number of hydrogen-bond acceptors (Lipinski definition) is 0. The second-order valence-electron chi connectivity index (χ2n) is 1.81. The van der Waals surface area contributed by atoms with Crippen LogP contribution in [-0.4, -0.2) is 0 Å². The van der Waals surface area contributed by atoms with Crippen LogP contribution in [0, 0.1) is 0 Å². The summed E-state index contributed by atoms with van der Waals surface area (Å²) in [6.07, 6.45) is 14.5. The normalized spacial score (nSPS) is 17.3. The van der Waals surface area contributed by atoms with E-state index in [-0.39, 0.29) is 0 Å². The second kappa shape index (κ2) is 5.29. The average Bonchev–Trinajstić information content (AvgIpc) is 1.84. The molecular weight excluding hydrogens is 451 g/mol. The SMILES string of the molecule is [Br][Pt]([Br])[C]1=CC=CC=CC=C1. The molecule has 0 saturated carbocycles. The molecule has 0 radical (unpaired) electrons. The molecule has 0 saturated heterocycles. The Hall–Kier alpha value is 0.608. The Kier molecular flexibility index (Phi) is 4.66. The van der Waals surface area contributed by atoms with E-state index in [2.05, 4.69) is 50.9 Å². The molecule has 0 aromatic heterocycles. The summed E-state index contributed by atoms with van der Waals surface area (Å²) in [6, 6.07) is 0. The van der Waals surface area contributed by atoms with Gasteiger partial charge in [-0.1, -0.05) is 0 Å². The van der Waals surface area contributed by atoms with E-state index >= 15 is 0 Å². The van der Waals surface area contributed by atoms with E-state index in [0.717, 1.165) is 0 Å². The minimum absolute atomic E-state index is 1.15. The third-order valence-electron chi connectivity index (χ3n) is 1.07. The maximum atomic E-state index is 3.59. The Morgan fingerprint density at radius 3 is 2.27 bits per heavy atom. The molecule has 0 N–H and O–H groups in total. The summed E-state index contributed by atoms with van der Waals surface area (Å²) < 4.78 is 1.37. The van der Waals surface area contributed by atoms with Gasteiger partial charge in [0.2, 0.25) is 0 Å². The molecule has 0 aromatic rings. The summed E-state index contributed by atoms with van der Waals surface area (Å²) in [5.41, 5.74) is 0. The fraction of sp³-hybridized carbons (Fsp3) is 0. The van der Waals surface area contributed by atoms with E-state index in [1.54, 1.807) is 0 Å². The molecule has 0 atom stereocenters. The van der Waals surface area contributed by atoms with Crippen molar-refractivity contribution in [2.45, 2.75) is 0 Å². The van der Waals surface area contributed by atoms with Crippen molar-refractivity contribution in [3.8, 4) is 0 Å². The van der Waals surface area contributed by atoms with Crippen LogP contribution < -0.4 is 0 Å². The van der Waals surface area contributed by atoms with E-state index < -0.39 is 13.2 Å². The van der Waals surface area contributed by atoms with Crippen molar-refractivity contribution in [3.63, 3.8) is 0 Å². The molecule has 0 fully saturated rings. The Bertz CT molecular complexity index is 236. The molecule has 1 aliphatic carbocycles. The number of halogens is 2. The first kappa shape index (κ1) is 9.69. The van der Waals surface area contributed by atoms with Gasteiger partial charge in [0.1, 0.15) is 0 Å². The summed E-state index contributed by atoms with van der Waals surface area (Å²) in [5, 5.41) is 0. The summed E-state index contributed by atoms with van der Waals surface area (Å²) in [4.78, 5) is 0. The summed E-state index contributed by atoms with van der Waals surface area (Å²) >= 11 is 6.04. The third-order valence-corrected chi connectivity index (χ3v) is 7.56. The predicted molar refractivity (Wildman–Crippen MR) is 53.4 cm³/mol. The summed E-state index contributed by atoms with van der Waals surface area (Å²) in [7, 11) is 0. The van der Waals surface area contributed by atoms with Gasteiger partial charge in [0, 0.05) is 0 Å². The number of allylic oxidation sites excluding steroid dienone is 8. The van der Waals surface area contributed by atoms with Gasteiger partial charge in [-0.2, -0.15) is 0 Å². The fourth-order valence-electron chi connectivity index (χ4n) is 0.611. The molecule has 63 valence electrons. The summed E-state index contributed by atoms with van der Waals surface area (Å²) in [6.45, 7) is 0. The van der Waals surface area contributed by atoms with Crippen molar-refractivity contribution in [3.05, 3.63) is 46.5 Å². The van der Waals surface area contributed by atoms with Crippen molar-refractivity contribution in [1.82, 2.24) is 0 Å². The minimum atomic E-state index is -1.15. The van der Waals surface area contributed by atoms with Gasteiger partial charge in [-0.05, 0) is 0 Å². The van der Waals surface area contributed by atoms with Crippen molar-refractivity contribution in [2.75, 3.05) is 0 Å². The zero-order valence-corrected chi connectivity index (χ0v) is 11.1. The van der Waals surface area contributed by atoms with Crippen molar-refractivity contribution in [1.29, 1.82) is 0 Å². The molecule has 0 heterocycles. The van der Waals surface area contributed by atoms with E-state index in [0.29, 0.717) is 0 Å². The Labute approximate surface area is 85.6 Å². The molecule has 0 unspecified atom stereocenters. The number of rotatable bonds is 1. The van der Waals surface area contributed by atoms with E-state index in [1.807, 2.05) is 18.2 Å².